The maximum absolute atomic E-state index is 12.3. The van der Waals surface area contributed by atoms with Gasteiger partial charge < -0.3 is 4.57 Å². The third-order valence-corrected chi connectivity index (χ3v) is 4.28. The number of para-hydroxylation sites is 1. The van der Waals surface area contributed by atoms with Crippen molar-refractivity contribution in [3.05, 3.63) is 47.0 Å². The molecule has 0 saturated heterocycles. The number of amides is 1. The van der Waals surface area contributed by atoms with Crippen molar-refractivity contribution in [3.63, 3.8) is 0 Å². The summed E-state index contributed by atoms with van der Waals surface area (Å²) in [5.74, 6) is 2.25. The van der Waals surface area contributed by atoms with Crippen molar-refractivity contribution >= 4 is 27.5 Å². The third-order valence-electron chi connectivity index (χ3n) is 3.22. The first-order valence-corrected chi connectivity index (χ1v) is 7.69. The van der Waals surface area contributed by atoms with Crippen LogP contribution in [-0.2, 0) is 13.1 Å². The quantitative estimate of drug-likeness (QED) is 0.697. The summed E-state index contributed by atoms with van der Waals surface area (Å²) in [5.41, 5.74) is 1.32. The molecule has 0 aliphatic heterocycles. The SMILES string of the molecule is C#CCn1c(=NC(=O)c2ccn(CC)n2)sc2ccccc21. The molecule has 0 saturated carbocycles. The van der Waals surface area contributed by atoms with E-state index in [1.165, 1.54) is 11.3 Å². The van der Waals surface area contributed by atoms with Crippen LogP contribution in [0.25, 0.3) is 10.2 Å². The molecule has 0 radical (unpaired) electrons. The monoisotopic (exact) mass is 310 g/mol. The van der Waals surface area contributed by atoms with Crippen molar-refractivity contribution in [2.75, 3.05) is 0 Å². The van der Waals surface area contributed by atoms with Crippen LogP contribution in [0.4, 0.5) is 0 Å². The van der Waals surface area contributed by atoms with Crippen LogP contribution < -0.4 is 4.80 Å². The second kappa shape index (κ2) is 6.00. The number of hydrogen-bond acceptors (Lipinski definition) is 3. The molecule has 22 heavy (non-hydrogen) atoms. The standard InChI is InChI=1S/C16H14N4OS/c1-3-10-20-13-7-5-6-8-14(13)22-16(20)17-15(21)12-9-11-19(4-2)18-12/h1,5-9,11H,4,10H2,2H3. The van der Waals surface area contributed by atoms with Crippen LogP contribution in [0.5, 0.6) is 0 Å². The molecule has 3 aromatic rings. The average molecular weight is 310 g/mol. The van der Waals surface area contributed by atoms with E-state index in [4.69, 9.17) is 6.42 Å². The summed E-state index contributed by atoms with van der Waals surface area (Å²) in [6.07, 6.45) is 7.20. The first kappa shape index (κ1) is 14.3. The van der Waals surface area contributed by atoms with Gasteiger partial charge in [0.2, 0.25) is 0 Å². The van der Waals surface area contributed by atoms with Crippen LogP contribution in [0.3, 0.4) is 0 Å². The number of rotatable bonds is 3. The minimum Gasteiger partial charge on any atom is -0.305 e. The van der Waals surface area contributed by atoms with Gasteiger partial charge >= 0.3 is 0 Å². The molecular weight excluding hydrogens is 296 g/mol. The fourth-order valence-corrected chi connectivity index (χ4v) is 3.17. The van der Waals surface area contributed by atoms with Crippen molar-refractivity contribution < 1.29 is 4.79 Å². The molecule has 0 fully saturated rings. The Labute approximate surface area is 131 Å². The van der Waals surface area contributed by atoms with E-state index in [1.807, 2.05) is 35.8 Å². The van der Waals surface area contributed by atoms with Gasteiger partial charge in [-0.25, -0.2) is 0 Å². The third kappa shape index (κ3) is 2.59. The summed E-state index contributed by atoms with van der Waals surface area (Å²) in [7, 11) is 0. The minimum atomic E-state index is -0.357. The average Bonchev–Trinajstić information content (AvgIpc) is 3.13. The predicted molar refractivity (Wildman–Crippen MR) is 86.4 cm³/mol. The van der Waals surface area contributed by atoms with Gasteiger partial charge in [-0.3, -0.25) is 9.48 Å². The Balaban J connectivity index is 2.10. The molecule has 0 bridgehead atoms. The van der Waals surface area contributed by atoms with E-state index < -0.39 is 0 Å². The largest absolute Gasteiger partial charge is 0.305 e. The molecule has 0 N–H and O–H groups in total. The molecule has 3 rings (SSSR count). The fraction of sp³-hybridized carbons (Fsp3) is 0.188. The van der Waals surface area contributed by atoms with E-state index in [2.05, 4.69) is 16.0 Å². The number of thiazole rings is 1. The zero-order chi connectivity index (χ0) is 15.5. The van der Waals surface area contributed by atoms with Crippen LogP contribution in [0, 0.1) is 12.3 Å². The van der Waals surface area contributed by atoms with E-state index >= 15 is 0 Å². The van der Waals surface area contributed by atoms with Crippen LogP contribution in [0.15, 0.2) is 41.5 Å². The number of terminal acetylenes is 1. The lowest BCUT2D eigenvalue weighted by Gasteiger charge is -1.98. The maximum Gasteiger partial charge on any atom is 0.300 e. The molecule has 1 amide bonds. The highest BCUT2D eigenvalue weighted by Gasteiger charge is 2.10. The van der Waals surface area contributed by atoms with Crippen LogP contribution in [0.2, 0.25) is 0 Å². The first-order chi connectivity index (χ1) is 10.7. The Bertz CT molecular complexity index is 939. The number of aryl methyl sites for hydroxylation is 1. The second-order valence-corrected chi connectivity index (χ2v) is 5.63. The molecule has 6 heteroatoms. The molecule has 0 unspecified atom stereocenters. The first-order valence-electron chi connectivity index (χ1n) is 6.87. The lowest BCUT2D eigenvalue weighted by molar-refractivity contribution is 0.0992. The van der Waals surface area contributed by atoms with E-state index in [0.717, 1.165) is 10.2 Å². The van der Waals surface area contributed by atoms with Crippen LogP contribution in [0.1, 0.15) is 17.4 Å². The number of fused-ring (bicyclic) bond motifs is 1. The molecule has 0 aliphatic carbocycles. The predicted octanol–water partition coefficient (Wildman–Crippen LogP) is 2.29. The van der Waals surface area contributed by atoms with Gasteiger partial charge in [0.1, 0.15) is 0 Å². The maximum atomic E-state index is 12.3. The van der Waals surface area contributed by atoms with E-state index in [1.54, 1.807) is 16.9 Å². The second-order valence-electron chi connectivity index (χ2n) is 4.62. The topological polar surface area (TPSA) is 52.2 Å². The van der Waals surface area contributed by atoms with Crippen molar-refractivity contribution in [3.8, 4) is 12.3 Å². The zero-order valence-electron chi connectivity index (χ0n) is 12.1. The number of nitrogens with zero attached hydrogens (tertiary/aromatic N) is 4. The smallest absolute Gasteiger partial charge is 0.300 e. The Morgan fingerprint density at radius 1 is 1.41 bits per heavy atom. The number of aromatic nitrogens is 3. The highest BCUT2D eigenvalue weighted by Crippen LogP contribution is 2.16. The highest BCUT2D eigenvalue weighted by atomic mass is 32.1. The van der Waals surface area contributed by atoms with Gasteiger partial charge in [0.25, 0.3) is 5.91 Å². The summed E-state index contributed by atoms with van der Waals surface area (Å²) in [6.45, 7) is 3.05. The molecule has 110 valence electrons. The van der Waals surface area contributed by atoms with Gasteiger partial charge in [-0.05, 0) is 25.1 Å². The number of carbonyl (C=O) groups excluding carboxylic acids is 1. The van der Waals surface area contributed by atoms with Crippen LogP contribution >= 0.6 is 11.3 Å². The van der Waals surface area contributed by atoms with Gasteiger partial charge in [0.05, 0.1) is 16.8 Å². The molecule has 1 aromatic carbocycles. The lowest BCUT2D eigenvalue weighted by atomic mass is 10.3. The minimum absolute atomic E-state index is 0.339. The van der Waals surface area contributed by atoms with E-state index in [0.29, 0.717) is 23.6 Å². The number of carbonyl (C=O) groups is 1. The zero-order valence-corrected chi connectivity index (χ0v) is 12.9. The summed E-state index contributed by atoms with van der Waals surface area (Å²) >= 11 is 1.44. The number of benzene rings is 1. The molecule has 0 atom stereocenters. The summed E-state index contributed by atoms with van der Waals surface area (Å²) in [6, 6.07) is 9.53. The van der Waals surface area contributed by atoms with Crippen molar-refractivity contribution in [1.82, 2.24) is 14.3 Å². The van der Waals surface area contributed by atoms with Gasteiger partial charge in [0, 0.05) is 12.7 Å². The Morgan fingerprint density at radius 3 is 2.95 bits per heavy atom. The molecule has 5 nitrogen and oxygen atoms in total. The molecule has 2 heterocycles. The molecule has 2 aromatic heterocycles. The van der Waals surface area contributed by atoms with E-state index in [9.17, 15) is 4.79 Å². The van der Waals surface area contributed by atoms with Gasteiger partial charge in [-0.2, -0.15) is 10.1 Å². The summed E-state index contributed by atoms with van der Waals surface area (Å²) in [4.78, 5) is 17.1. The van der Waals surface area contributed by atoms with E-state index in [-0.39, 0.29) is 5.91 Å². The molecule has 0 spiro atoms. The fourth-order valence-electron chi connectivity index (χ4n) is 2.15. The van der Waals surface area contributed by atoms with Crippen LogP contribution in [-0.4, -0.2) is 20.3 Å². The van der Waals surface area contributed by atoms with Gasteiger partial charge in [-0.15, -0.1) is 6.42 Å². The summed E-state index contributed by atoms with van der Waals surface area (Å²) in [5, 5.41) is 4.18. The summed E-state index contributed by atoms with van der Waals surface area (Å²) < 4.78 is 4.61. The lowest BCUT2D eigenvalue weighted by Crippen LogP contribution is -2.16. The Morgan fingerprint density at radius 2 is 2.23 bits per heavy atom. The number of hydrogen-bond donors (Lipinski definition) is 0. The van der Waals surface area contributed by atoms with Gasteiger partial charge in [-0.1, -0.05) is 29.4 Å². The normalized spacial score (nSPS) is 11.7. The molecule has 0 aliphatic rings. The van der Waals surface area contributed by atoms with Crippen molar-refractivity contribution in [2.45, 2.75) is 20.0 Å². The highest BCUT2D eigenvalue weighted by molar-refractivity contribution is 7.16. The van der Waals surface area contributed by atoms with Crippen molar-refractivity contribution in [1.29, 1.82) is 0 Å². The van der Waals surface area contributed by atoms with Crippen molar-refractivity contribution in [2.24, 2.45) is 4.99 Å². The Kier molecular flexibility index (Phi) is 3.90. The van der Waals surface area contributed by atoms with Gasteiger partial charge in [0.15, 0.2) is 10.5 Å². The molecular formula is C16H14N4OS. The Hall–Kier alpha value is -2.65.